The van der Waals surface area contributed by atoms with Crippen LogP contribution in [-0.4, -0.2) is 37.0 Å². The third kappa shape index (κ3) is 9.52. The zero-order valence-corrected chi connectivity index (χ0v) is 21.4. The highest BCUT2D eigenvalue weighted by Gasteiger charge is 2.14. The van der Waals surface area contributed by atoms with E-state index in [1.54, 1.807) is 24.3 Å². The first kappa shape index (κ1) is 28.6. The van der Waals surface area contributed by atoms with E-state index in [1.165, 1.54) is 0 Å². The molecule has 2 N–H and O–H groups in total. The largest absolute Gasteiger partial charge is 0.462 e. The molecular formula is C28H36N2O6. The number of amides is 2. The Balaban J connectivity index is 1.73. The Morgan fingerprint density at radius 3 is 2.03 bits per heavy atom. The number of hydrogen-bond acceptors (Lipinski definition) is 6. The number of ether oxygens (including phenoxy) is 2. The van der Waals surface area contributed by atoms with Gasteiger partial charge < -0.3 is 20.1 Å². The normalized spacial score (nSPS) is 10.4. The molecule has 8 heteroatoms. The lowest BCUT2D eigenvalue weighted by molar-refractivity contribution is -0.147. The number of carbonyl (C=O) groups is 4. The van der Waals surface area contributed by atoms with Crippen molar-refractivity contribution in [3.8, 4) is 0 Å². The molecule has 0 aliphatic carbocycles. The van der Waals surface area contributed by atoms with Gasteiger partial charge in [0.1, 0.15) is 0 Å². The molecule has 0 spiro atoms. The van der Waals surface area contributed by atoms with Crippen LogP contribution < -0.4 is 10.6 Å². The fraction of sp³-hybridized carbons (Fsp3) is 0.429. The lowest BCUT2D eigenvalue weighted by Crippen LogP contribution is -2.23. The number of carbonyl (C=O) groups excluding carboxylic acids is 4. The highest BCUT2D eigenvalue weighted by atomic mass is 16.5. The molecule has 0 radical (unpaired) electrons. The maximum Gasteiger partial charge on any atom is 0.338 e. The molecule has 2 aromatic carbocycles. The smallest absolute Gasteiger partial charge is 0.338 e. The molecule has 0 fully saturated rings. The van der Waals surface area contributed by atoms with Crippen molar-refractivity contribution >= 4 is 35.1 Å². The number of para-hydroxylation sites is 1. The van der Waals surface area contributed by atoms with E-state index in [9.17, 15) is 19.2 Å². The second-order valence-electron chi connectivity index (χ2n) is 8.34. The number of hydrogen-bond donors (Lipinski definition) is 2. The standard InChI is InChI=1S/C28H36N2O6/c1-4-7-8-18-35-28(34)22-12-14-23(15-13-22)29-24(31)16-17-26(33)36-19-25(32)30-27-20(5-2)10-9-11-21(27)6-3/h9-15H,4-8,16-19H2,1-3H3,(H,29,31)(H,30,32). The zero-order valence-electron chi connectivity index (χ0n) is 21.4. The van der Waals surface area contributed by atoms with Crippen LogP contribution in [-0.2, 0) is 36.7 Å². The van der Waals surface area contributed by atoms with Crippen LogP contribution in [0, 0.1) is 0 Å². The molecular weight excluding hydrogens is 460 g/mol. The van der Waals surface area contributed by atoms with Gasteiger partial charge in [-0.1, -0.05) is 51.8 Å². The Labute approximate surface area is 212 Å². The Morgan fingerprint density at radius 2 is 1.42 bits per heavy atom. The average Bonchev–Trinajstić information content (AvgIpc) is 2.89. The minimum Gasteiger partial charge on any atom is -0.462 e. The molecule has 0 aromatic heterocycles. The van der Waals surface area contributed by atoms with Crippen molar-refractivity contribution in [3.05, 3.63) is 59.2 Å². The van der Waals surface area contributed by atoms with Crippen molar-refractivity contribution in [3.63, 3.8) is 0 Å². The minimum atomic E-state index is -0.638. The second-order valence-corrected chi connectivity index (χ2v) is 8.34. The van der Waals surface area contributed by atoms with Gasteiger partial charge in [0.15, 0.2) is 6.61 Å². The van der Waals surface area contributed by atoms with Crippen LogP contribution >= 0.6 is 0 Å². The van der Waals surface area contributed by atoms with Crippen LogP contribution in [0.5, 0.6) is 0 Å². The van der Waals surface area contributed by atoms with Crippen LogP contribution in [0.4, 0.5) is 11.4 Å². The monoisotopic (exact) mass is 496 g/mol. The number of rotatable bonds is 14. The quantitative estimate of drug-likeness (QED) is 0.279. The topological polar surface area (TPSA) is 111 Å². The summed E-state index contributed by atoms with van der Waals surface area (Å²) in [7, 11) is 0. The van der Waals surface area contributed by atoms with Crippen molar-refractivity contribution in [1.82, 2.24) is 0 Å². The molecule has 0 bridgehead atoms. The van der Waals surface area contributed by atoms with Crippen molar-refractivity contribution in [1.29, 1.82) is 0 Å². The van der Waals surface area contributed by atoms with E-state index in [4.69, 9.17) is 9.47 Å². The SMILES string of the molecule is CCCCCOC(=O)c1ccc(NC(=O)CCC(=O)OCC(=O)Nc2c(CC)cccc2CC)cc1. The molecule has 8 nitrogen and oxygen atoms in total. The van der Waals surface area contributed by atoms with E-state index >= 15 is 0 Å². The molecule has 0 atom stereocenters. The molecule has 0 aliphatic heterocycles. The van der Waals surface area contributed by atoms with Gasteiger partial charge in [-0.15, -0.1) is 0 Å². The number of benzene rings is 2. The highest BCUT2D eigenvalue weighted by Crippen LogP contribution is 2.22. The Kier molecular flexibility index (Phi) is 12.2. The Hall–Kier alpha value is -3.68. The van der Waals surface area contributed by atoms with Gasteiger partial charge in [0.25, 0.3) is 5.91 Å². The van der Waals surface area contributed by atoms with E-state index in [-0.39, 0.29) is 18.7 Å². The lowest BCUT2D eigenvalue weighted by Gasteiger charge is -2.14. The van der Waals surface area contributed by atoms with Crippen LogP contribution in [0.25, 0.3) is 0 Å². The van der Waals surface area contributed by atoms with Crippen LogP contribution in [0.1, 0.15) is 74.4 Å². The number of anilines is 2. The van der Waals surface area contributed by atoms with E-state index in [0.29, 0.717) is 17.9 Å². The predicted molar refractivity (Wildman–Crippen MR) is 139 cm³/mol. The molecule has 2 aromatic rings. The van der Waals surface area contributed by atoms with Gasteiger partial charge in [-0.05, 0) is 54.7 Å². The number of nitrogens with one attached hydrogen (secondary N) is 2. The van der Waals surface area contributed by atoms with Crippen molar-refractivity contribution in [2.45, 2.75) is 65.7 Å². The number of unbranched alkanes of at least 4 members (excludes halogenated alkanes) is 2. The van der Waals surface area contributed by atoms with Gasteiger partial charge in [-0.3, -0.25) is 14.4 Å². The van der Waals surface area contributed by atoms with Gasteiger partial charge in [0.2, 0.25) is 5.91 Å². The summed E-state index contributed by atoms with van der Waals surface area (Å²) in [5.74, 6) is -1.84. The summed E-state index contributed by atoms with van der Waals surface area (Å²) in [6.07, 6.45) is 4.16. The first-order chi connectivity index (χ1) is 17.4. The summed E-state index contributed by atoms with van der Waals surface area (Å²) < 4.78 is 10.2. The molecule has 36 heavy (non-hydrogen) atoms. The Morgan fingerprint density at radius 1 is 0.750 bits per heavy atom. The molecule has 2 rings (SSSR count). The second kappa shape index (κ2) is 15.3. The summed E-state index contributed by atoms with van der Waals surface area (Å²) in [5, 5.41) is 5.50. The minimum absolute atomic E-state index is 0.0969. The van der Waals surface area contributed by atoms with Gasteiger partial charge in [0.05, 0.1) is 18.6 Å². The number of esters is 2. The molecule has 0 aliphatic rings. The van der Waals surface area contributed by atoms with Crippen molar-refractivity contribution in [2.24, 2.45) is 0 Å². The van der Waals surface area contributed by atoms with Crippen molar-refractivity contribution < 1.29 is 28.7 Å². The predicted octanol–water partition coefficient (Wildman–Crippen LogP) is 5.06. The van der Waals surface area contributed by atoms with Crippen LogP contribution in [0.2, 0.25) is 0 Å². The van der Waals surface area contributed by atoms with Gasteiger partial charge >= 0.3 is 11.9 Å². The first-order valence-electron chi connectivity index (χ1n) is 12.5. The van der Waals surface area contributed by atoms with Gasteiger partial charge in [0, 0.05) is 17.8 Å². The fourth-order valence-corrected chi connectivity index (χ4v) is 3.53. The summed E-state index contributed by atoms with van der Waals surface area (Å²) in [5.41, 5.74) is 3.69. The zero-order chi connectivity index (χ0) is 26.3. The third-order valence-corrected chi connectivity index (χ3v) is 5.57. The van der Waals surface area contributed by atoms with Crippen LogP contribution in [0.15, 0.2) is 42.5 Å². The van der Waals surface area contributed by atoms with E-state index in [0.717, 1.165) is 48.9 Å². The molecule has 0 saturated carbocycles. The summed E-state index contributed by atoms with van der Waals surface area (Å²) in [6.45, 7) is 6.06. The van der Waals surface area contributed by atoms with E-state index in [1.807, 2.05) is 32.0 Å². The molecule has 0 saturated heterocycles. The van der Waals surface area contributed by atoms with E-state index < -0.39 is 24.5 Å². The third-order valence-electron chi connectivity index (χ3n) is 5.57. The van der Waals surface area contributed by atoms with E-state index in [2.05, 4.69) is 17.6 Å². The molecule has 2 amide bonds. The summed E-state index contributed by atoms with van der Waals surface area (Å²) in [6, 6.07) is 12.2. The maximum absolute atomic E-state index is 12.3. The van der Waals surface area contributed by atoms with Gasteiger partial charge in [-0.25, -0.2) is 4.79 Å². The molecule has 0 unspecified atom stereocenters. The Bertz CT molecular complexity index is 1010. The van der Waals surface area contributed by atoms with Crippen LogP contribution in [0.3, 0.4) is 0 Å². The van der Waals surface area contributed by atoms with Gasteiger partial charge in [-0.2, -0.15) is 0 Å². The fourth-order valence-electron chi connectivity index (χ4n) is 3.53. The molecule has 0 heterocycles. The summed E-state index contributed by atoms with van der Waals surface area (Å²) in [4.78, 5) is 48.5. The first-order valence-corrected chi connectivity index (χ1v) is 12.5. The lowest BCUT2D eigenvalue weighted by atomic mass is 10.0. The molecule has 194 valence electrons. The highest BCUT2D eigenvalue weighted by molar-refractivity contribution is 5.96. The number of aryl methyl sites for hydroxylation is 2. The summed E-state index contributed by atoms with van der Waals surface area (Å²) >= 11 is 0. The maximum atomic E-state index is 12.3. The average molecular weight is 497 g/mol. The van der Waals surface area contributed by atoms with Crippen molar-refractivity contribution in [2.75, 3.05) is 23.8 Å².